The Morgan fingerprint density at radius 2 is 2.05 bits per heavy atom. The van der Waals surface area contributed by atoms with Crippen LogP contribution in [0.4, 0.5) is 13.2 Å². The average molecular weight is 304 g/mol. The van der Waals surface area contributed by atoms with Gasteiger partial charge in [0.05, 0.1) is 12.2 Å². The van der Waals surface area contributed by atoms with Crippen molar-refractivity contribution in [3.05, 3.63) is 35.4 Å². The van der Waals surface area contributed by atoms with E-state index >= 15 is 0 Å². The molecule has 2 N–H and O–H groups in total. The molecule has 1 aromatic carbocycles. The number of nitrogens with two attached hydrogens (primary N) is 1. The van der Waals surface area contributed by atoms with Crippen molar-refractivity contribution in [1.29, 1.82) is 0 Å². The van der Waals surface area contributed by atoms with E-state index in [0.717, 1.165) is 12.1 Å². The van der Waals surface area contributed by atoms with Gasteiger partial charge in [-0.2, -0.15) is 13.2 Å². The van der Waals surface area contributed by atoms with Gasteiger partial charge in [-0.05, 0) is 31.2 Å². The standard InChI is InChI=1S/C14H19F3N2O2/c1-21-9-8-19(7-3-6-18)13(20)11-4-2-5-12(10-11)14(15,16)17/h2,4-5,10H,3,6-9,18H2,1H3. The first-order valence-corrected chi connectivity index (χ1v) is 6.55. The van der Waals surface area contributed by atoms with Crippen molar-refractivity contribution in [2.45, 2.75) is 12.6 Å². The summed E-state index contributed by atoms with van der Waals surface area (Å²) in [4.78, 5) is 13.7. The number of carbonyl (C=O) groups excluding carboxylic acids is 1. The van der Waals surface area contributed by atoms with Crippen molar-refractivity contribution in [3.8, 4) is 0 Å². The van der Waals surface area contributed by atoms with Gasteiger partial charge in [0.1, 0.15) is 0 Å². The predicted molar refractivity (Wildman–Crippen MR) is 72.9 cm³/mol. The molecule has 0 radical (unpaired) electrons. The molecular formula is C14H19F3N2O2. The molecule has 0 fully saturated rings. The topological polar surface area (TPSA) is 55.6 Å². The van der Waals surface area contributed by atoms with Crippen LogP contribution in [-0.2, 0) is 10.9 Å². The lowest BCUT2D eigenvalue weighted by Crippen LogP contribution is -2.35. The molecule has 7 heteroatoms. The molecule has 0 aromatic heterocycles. The number of nitrogens with zero attached hydrogens (tertiary/aromatic N) is 1. The number of benzene rings is 1. The minimum Gasteiger partial charge on any atom is -0.383 e. The lowest BCUT2D eigenvalue weighted by molar-refractivity contribution is -0.137. The van der Waals surface area contributed by atoms with Crippen LogP contribution < -0.4 is 5.73 Å². The number of halogens is 3. The number of alkyl halides is 3. The third-order valence-corrected chi connectivity index (χ3v) is 2.92. The first kappa shape index (κ1) is 17.5. The van der Waals surface area contributed by atoms with Crippen LogP contribution in [0.25, 0.3) is 0 Å². The summed E-state index contributed by atoms with van der Waals surface area (Å²) in [5, 5.41) is 0. The van der Waals surface area contributed by atoms with Crippen LogP contribution in [0.2, 0.25) is 0 Å². The lowest BCUT2D eigenvalue weighted by atomic mass is 10.1. The van der Waals surface area contributed by atoms with Crippen LogP contribution in [0.3, 0.4) is 0 Å². The summed E-state index contributed by atoms with van der Waals surface area (Å²) >= 11 is 0. The highest BCUT2D eigenvalue weighted by Gasteiger charge is 2.31. The monoisotopic (exact) mass is 304 g/mol. The highest BCUT2D eigenvalue weighted by atomic mass is 19.4. The first-order chi connectivity index (χ1) is 9.90. The quantitative estimate of drug-likeness (QED) is 0.839. The van der Waals surface area contributed by atoms with Crippen LogP contribution >= 0.6 is 0 Å². The van der Waals surface area contributed by atoms with E-state index in [4.69, 9.17) is 10.5 Å². The molecule has 0 aliphatic heterocycles. The van der Waals surface area contributed by atoms with E-state index in [1.165, 1.54) is 24.1 Å². The van der Waals surface area contributed by atoms with Crippen molar-refractivity contribution in [2.75, 3.05) is 33.4 Å². The summed E-state index contributed by atoms with van der Waals surface area (Å²) in [6.07, 6.45) is -3.89. The van der Waals surface area contributed by atoms with Crippen LogP contribution in [-0.4, -0.2) is 44.2 Å². The van der Waals surface area contributed by atoms with Gasteiger partial charge in [0, 0.05) is 25.8 Å². The van der Waals surface area contributed by atoms with Gasteiger partial charge in [-0.15, -0.1) is 0 Å². The van der Waals surface area contributed by atoms with Crippen molar-refractivity contribution in [3.63, 3.8) is 0 Å². The summed E-state index contributed by atoms with van der Waals surface area (Å²) < 4.78 is 42.9. The van der Waals surface area contributed by atoms with Crippen LogP contribution in [0.15, 0.2) is 24.3 Å². The highest BCUT2D eigenvalue weighted by molar-refractivity contribution is 5.94. The zero-order valence-corrected chi connectivity index (χ0v) is 11.8. The summed E-state index contributed by atoms with van der Waals surface area (Å²) in [7, 11) is 1.50. The Morgan fingerprint density at radius 1 is 1.33 bits per heavy atom. The molecule has 4 nitrogen and oxygen atoms in total. The summed E-state index contributed by atoms with van der Waals surface area (Å²) in [5.74, 6) is -0.452. The van der Waals surface area contributed by atoms with E-state index in [-0.39, 0.29) is 5.56 Å². The molecule has 0 spiro atoms. The number of amides is 1. The van der Waals surface area contributed by atoms with Gasteiger partial charge >= 0.3 is 6.18 Å². The fraction of sp³-hybridized carbons (Fsp3) is 0.500. The van der Waals surface area contributed by atoms with Gasteiger partial charge in [-0.3, -0.25) is 4.79 Å². The molecule has 0 aliphatic rings. The Kier molecular flexibility index (Phi) is 6.64. The maximum absolute atomic E-state index is 12.7. The lowest BCUT2D eigenvalue weighted by Gasteiger charge is -2.22. The number of methoxy groups -OCH3 is 1. The molecule has 1 aromatic rings. The molecule has 0 atom stereocenters. The van der Waals surface area contributed by atoms with Crippen molar-refractivity contribution in [2.24, 2.45) is 5.73 Å². The molecule has 0 saturated carbocycles. The number of ether oxygens (including phenoxy) is 1. The largest absolute Gasteiger partial charge is 0.416 e. The van der Waals surface area contributed by atoms with E-state index in [9.17, 15) is 18.0 Å². The SMILES string of the molecule is COCCN(CCCN)C(=O)c1cccc(C(F)(F)F)c1. The second kappa shape index (κ2) is 7.99. The molecule has 1 amide bonds. The Bertz CT molecular complexity index is 456. The smallest absolute Gasteiger partial charge is 0.383 e. The Morgan fingerprint density at radius 3 is 2.62 bits per heavy atom. The molecule has 0 aliphatic carbocycles. The van der Waals surface area contributed by atoms with Crippen molar-refractivity contribution >= 4 is 5.91 Å². The van der Waals surface area contributed by atoms with Crippen LogP contribution in [0, 0.1) is 0 Å². The van der Waals surface area contributed by atoms with E-state index in [1.807, 2.05) is 0 Å². The van der Waals surface area contributed by atoms with Crippen LogP contribution in [0.5, 0.6) is 0 Å². The van der Waals surface area contributed by atoms with Gasteiger partial charge in [-0.1, -0.05) is 6.07 Å². The summed E-state index contributed by atoms with van der Waals surface area (Å²) in [5.41, 5.74) is 4.59. The summed E-state index contributed by atoms with van der Waals surface area (Å²) in [6, 6.07) is 4.41. The maximum Gasteiger partial charge on any atom is 0.416 e. The highest BCUT2D eigenvalue weighted by Crippen LogP contribution is 2.29. The van der Waals surface area contributed by atoms with Gasteiger partial charge in [-0.25, -0.2) is 0 Å². The fourth-order valence-corrected chi connectivity index (χ4v) is 1.81. The number of hydrogen-bond acceptors (Lipinski definition) is 3. The van der Waals surface area contributed by atoms with E-state index < -0.39 is 17.6 Å². The molecule has 0 heterocycles. The van der Waals surface area contributed by atoms with E-state index in [0.29, 0.717) is 32.7 Å². The zero-order chi connectivity index (χ0) is 15.9. The van der Waals surface area contributed by atoms with Gasteiger partial charge < -0.3 is 15.4 Å². The van der Waals surface area contributed by atoms with Crippen molar-refractivity contribution < 1.29 is 22.7 Å². The zero-order valence-electron chi connectivity index (χ0n) is 11.8. The van der Waals surface area contributed by atoms with E-state index in [2.05, 4.69) is 0 Å². The molecule has 0 unspecified atom stereocenters. The third kappa shape index (κ3) is 5.35. The second-order valence-electron chi connectivity index (χ2n) is 4.51. The van der Waals surface area contributed by atoms with Crippen molar-refractivity contribution in [1.82, 2.24) is 4.90 Å². The van der Waals surface area contributed by atoms with Gasteiger partial charge in [0.25, 0.3) is 5.91 Å². The van der Waals surface area contributed by atoms with Crippen LogP contribution in [0.1, 0.15) is 22.3 Å². The van der Waals surface area contributed by atoms with Gasteiger partial charge in [0.2, 0.25) is 0 Å². The molecule has 0 saturated heterocycles. The number of carbonyl (C=O) groups is 1. The average Bonchev–Trinajstić information content (AvgIpc) is 2.46. The first-order valence-electron chi connectivity index (χ1n) is 6.55. The Balaban J connectivity index is 2.91. The molecule has 1 rings (SSSR count). The predicted octanol–water partition coefficient (Wildman–Crippen LogP) is 2.14. The minimum atomic E-state index is -4.47. The normalized spacial score (nSPS) is 11.5. The molecule has 21 heavy (non-hydrogen) atoms. The number of hydrogen-bond donors (Lipinski definition) is 1. The maximum atomic E-state index is 12.7. The molecular weight excluding hydrogens is 285 g/mol. The van der Waals surface area contributed by atoms with Gasteiger partial charge in [0.15, 0.2) is 0 Å². The fourth-order valence-electron chi connectivity index (χ4n) is 1.81. The molecule has 118 valence electrons. The Labute approximate surface area is 121 Å². The number of rotatable bonds is 7. The summed E-state index contributed by atoms with van der Waals surface area (Å²) in [6.45, 7) is 1.41. The van der Waals surface area contributed by atoms with E-state index in [1.54, 1.807) is 0 Å². The Hall–Kier alpha value is -1.60. The third-order valence-electron chi connectivity index (χ3n) is 2.92. The molecule has 0 bridgehead atoms. The second-order valence-corrected chi connectivity index (χ2v) is 4.51. The minimum absolute atomic E-state index is 0.0120.